The first-order valence-corrected chi connectivity index (χ1v) is 8.05. The second-order valence-electron chi connectivity index (χ2n) is 5.34. The van der Waals surface area contributed by atoms with E-state index >= 15 is 0 Å². The maximum Gasteiger partial charge on any atom is 0.0587 e. The van der Waals surface area contributed by atoms with Crippen LogP contribution in [0, 0.1) is 11.8 Å². The van der Waals surface area contributed by atoms with E-state index in [4.69, 9.17) is 4.74 Å². The first-order valence-electron chi connectivity index (χ1n) is 7.11. The van der Waals surface area contributed by atoms with Crippen LogP contribution < -0.4 is 5.32 Å². The summed E-state index contributed by atoms with van der Waals surface area (Å²) >= 11 is 1.82. The van der Waals surface area contributed by atoms with Crippen molar-refractivity contribution >= 4 is 11.3 Å². The van der Waals surface area contributed by atoms with Crippen LogP contribution in [0.4, 0.5) is 0 Å². The molecule has 2 nitrogen and oxygen atoms in total. The zero-order chi connectivity index (χ0) is 12.6. The summed E-state index contributed by atoms with van der Waals surface area (Å²) in [5, 5.41) is 8.05. The number of nitrogens with one attached hydrogen (secondary N) is 1. The molecule has 0 amide bonds. The van der Waals surface area contributed by atoms with E-state index in [-0.39, 0.29) is 0 Å². The van der Waals surface area contributed by atoms with Crippen molar-refractivity contribution in [1.29, 1.82) is 0 Å². The van der Waals surface area contributed by atoms with E-state index in [1.807, 2.05) is 11.3 Å². The van der Waals surface area contributed by atoms with E-state index in [0.29, 0.717) is 0 Å². The van der Waals surface area contributed by atoms with Crippen LogP contribution in [0.2, 0.25) is 0 Å². The third-order valence-corrected chi connectivity index (χ3v) is 4.77. The van der Waals surface area contributed by atoms with Gasteiger partial charge >= 0.3 is 0 Å². The summed E-state index contributed by atoms with van der Waals surface area (Å²) in [6, 6.07) is 2.28. The van der Waals surface area contributed by atoms with Crippen molar-refractivity contribution in [2.75, 3.05) is 26.8 Å². The van der Waals surface area contributed by atoms with Gasteiger partial charge in [0.15, 0.2) is 0 Å². The van der Waals surface area contributed by atoms with Crippen molar-refractivity contribution in [3.63, 3.8) is 0 Å². The average Bonchev–Trinajstić information content (AvgIpc) is 3.05. The normalized spacial score (nSPS) is 18.3. The molecule has 0 saturated heterocycles. The number of methoxy groups -OCH3 is 1. The Morgan fingerprint density at radius 2 is 2.28 bits per heavy atom. The molecule has 1 aromatic rings. The smallest absolute Gasteiger partial charge is 0.0587 e. The highest BCUT2D eigenvalue weighted by atomic mass is 32.1. The van der Waals surface area contributed by atoms with E-state index < -0.39 is 0 Å². The van der Waals surface area contributed by atoms with Crippen LogP contribution in [0.15, 0.2) is 16.8 Å². The molecule has 1 aromatic heterocycles. The van der Waals surface area contributed by atoms with Crippen LogP contribution in [-0.2, 0) is 11.2 Å². The Kier molecular flexibility index (Phi) is 6.18. The van der Waals surface area contributed by atoms with Crippen molar-refractivity contribution in [2.45, 2.75) is 32.1 Å². The molecular weight excluding hydrogens is 242 g/mol. The molecule has 1 unspecified atom stereocenters. The van der Waals surface area contributed by atoms with Gasteiger partial charge in [0, 0.05) is 13.7 Å². The number of hydrogen-bond acceptors (Lipinski definition) is 3. The summed E-state index contributed by atoms with van der Waals surface area (Å²) in [5.41, 5.74) is 1.52. The number of thiophene rings is 1. The van der Waals surface area contributed by atoms with E-state index in [0.717, 1.165) is 31.5 Å². The quantitative estimate of drug-likeness (QED) is 0.730. The topological polar surface area (TPSA) is 21.3 Å². The molecule has 1 saturated carbocycles. The average molecular weight is 267 g/mol. The third-order valence-electron chi connectivity index (χ3n) is 4.03. The highest BCUT2D eigenvalue weighted by molar-refractivity contribution is 7.07. The first-order chi connectivity index (χ1) is 8.90. The highest BCUT2D eigenvalue weighted by Gasteiger charge is 2.24. The van der Waals surface area contributed by atoms with Gasteiger partial charge in [-0.15, -0.1) is 0 Å². The Labute approximate surface area is 115 Å². The van der Waals surface area contributed by atoms with Crippen molar-refractivity contribution in [3.05, 3.63) is 22.4 Å². The fourth-order valence-corrected chi connectivity index (χ4v) is 3.69. The molecule has 1 N–H and O–H groups in total. The largest absolute Gasteiger partial charge is 0.383 e. The summed E-state index contributed by atoms with van der Waals surface area (Å²) in [7, 11) is 1.77. The van der Waals surface area contributed by atoms with Crippen molar-refractivity contribution in [2.24, 2.45) is 11.8 Å². The summed E-state index contributed by atoms with van der Waals surface area (Å²) in [6.45, 7) is 2.93. The zero-order valence-electron chi connectivity index (χ0n) is 11.4. The fraction of sp³-hybridized carbons (Fsp3) is 0.733. The van der Waals surface area contributed by atoms with E-state index in [2.05, 4.69) is 22.1 Å². The zero-order valence-corrected chi connectivity index (χ0v) is 12.2. The van der Waals surface area contributed by atoms with Gasteiger partial charge in [-0.25, -0.2) is 0 Å². The lowest BCUT2D eigenvalue weighted by molar-refractivity contribution is 0.195. The lowest BCUT2D eigenvalue weighted by Gasteiger charge is -2.23. The standard InChI is InChI=1S/C15H25NOS/c1-17-8-7-16-11-15(14-4-2-3-5-14)10-13-6-9-18-12-13/h6,9,12,14-16H,2-5,7-8,10-11H2,1H3. The van der Waals surface area contributed by atoms with Crippen molar-refractivity contribution < 1.29 is 4.74 Å². The molecule has 1 fully saturated rings. The molecule has 2 rings (SSSR count). The van der Waals surface area contributed by atoms with Gasteiger partial charge in [-0.3, -0.25) is 0 Å². The van der Waals surface area contributed by atoms with Crippen LogP contribution in [-0.4, -0.2) is 26.8 Å². The van der Waals surface area contributed by atoms with E-state index in [9.17, 15) is 0 Å². The van der Waals surface area contributed by atoms with Crippen LogP contribution in [0.5, 0.6) is 0 Å². The predicted molar refractivity (Wildman–Crippen MR) is 78.2 cm³/mol. The summed E-state index contributed by atoms with van der Waals surface area (Å²) in [6.07, 6.45) is 6.97. The van der Waals surface area contributed by atoms with Gasteiger partial charge in [0.05, 0.1) is 6.61 Å². The minimum absolute atomic E-state index is 0.805. The molecule has 1 atom stereocenters. The lowest BCUT2D eigenvalue weighted by atomic mass is 9.86. The number of ether oxygens (including phenoxy) is 1. The van der Waals surface area contributed by atoms with Crippen LogP contribution >= 0.6 is 11.3 Å². The van der Waals surface area contributed by atoms with E-state index in [1.54, 1.807) is 7.11 Å². The summed E-state index contributed by atoms with van der Waals surface area (Å²) in [5.74, 6) is 1.74. The van der Waals surface area contributed by atoms with Gasteiger partial charge in [-0.05, 0) is 47.2 Å². The van der Waals surface area contributed by atoms with E-state index in [1.165, 1.54) is 37.7 Å². The monoisotopic (exact) mass is 267 g/mol. The second-order valence-corrected chi connectivity index (χ2v) is 6.12. The SMILES string of the molecule is COCCNCC(Cc1ccsc1)C1CCCC1. The van der Waals surface area contributed by atoms with Crippen LogP contribution in [0.1, 0.15) is 31.2 Å². The van der Waals surface area contributed by atoms with Gasteiger partial charge < -0.3 is 10.1 Å². The molecule has 1 aliphatic carbocycles. The highest BCUT2D eigenvalue weighted by Crippen LogP contribution is 2.33. The molecule has 0 aromatic carbocycles. The van der Waals surface area contributed by atoms with Gasteiger partial charge in [-0.2, -0.15) is 11.3 Å². The summed E-state index contributed by atoms with van der Waals surface area (Å²) in [4.78, 5) is 0. The second kappa shape index (κ2) is 7.93. The minimum Gasteiger partial charge on any atom is -0.383 e. The molecule has 0 aliphatic heterocycles. The molecule has 0 radical (unpaired) electrons. The van der Waals surface area contributed by atoms with Crippen molar-refractivity contribution in [1.82, 2.24) is 5.32 Å². The third kappa shape index (κ3) is 4.38. The van der Waals surface area contributed by atoms with Gasteiger partial charge in [0.2, 0.25) is 0 Å². The lowest BCUT2D eigenvalue weighted by Crippen LogP contribution is -2.31. The summed E-state index contributed by atoms with van der Waals surface area (Å²) < 4.78 is 5.09. The molecular formula is C15H25NOS. The Hall–Kier alpha value is -0.380. The van der Waals surface area contributed by atoms with Gasteiger partial charge in [0.25, 0.3) is 0 Å². The Morgan fingerprint density at radius 3 is 2.94 bits per heavy atom. The Balaban J connectivity index is 1.81. The van der Waals surface area contributed by atoms with Gasteiger partial charge in [0.1, 0.15) is 0 Å². The van der Waals surface area contributed by atoms with Gasteiger partial charge in [-0.1, -0.05) is 25.7 Å². The fourth-order valence-electron chi connectivity index (χ4n) is 3.01. The molecule has 0 bridgehead atoms. The molecule has 102 valence electrons. The molecule has 18 heavy (non-hydrogen) atoms. The molecule has 1 aliphatic rings. The maximum absolute atomic E-state index is 5.09. The van der Waals surface area contributed by atoms with Crippen LogP contribution in [0.25, 0.3) is 0 Å². The number of rotatable bonds is 8. The van der Waals surface area contributed by atoms with Crippen molar-refractivity contribution in [3.8, 4) is 0 Å². The predicted octanol–water partition coefficient (Wildman–Crippen LogP) is 3.33. The number of hydrogen-bond donors (Lipinski definition) is 1. The first kappa shape index (κ1) is 14.0. The Bertz CT molecular complexity index is 306. The maximum atomic E-state index is 5.09. The minimum atomic E-state index is 0.805. The Morgan fingerprint density at radius 1 is 1.44 bits per heavy atom. The van der Waals surface area contributed by atoms with Crippen LogP contribution in [0.3, 0.4) is 0 Å². The molecule has 3 heteroatoms. The molecule has 0 spiro atoms. The molecule has 1 heterocycles.